The molecule has 2 aromatic carbocycles. The van der Waals surface area contributed by atoms with Crippen LogP contribution >= 0.6 is 15.9 Å². The second-order valence-corrected chi connectivity index (χ2v) is 11.6. The van der Waals surface area contributed by atoms with Crippen LogP contribution in [0.1, 0.15) is 34.2 Å². The highest BCUT2D eigenvalue weighted by Gasteiger charge is 2.32. The Kier molecular flexibility index (Phi) is 13.4. The highest BCUT2D eigenvalue weighted by Crippen LogP contribution is 2.27. The Bertz CT molecular complexity index is 2400. The maximum Gasteiger partial charge on any atom is 0.433 e. The summed E-state index contributed by atoms with van der Waals surface area (Å²) in [6, 6.07) is 25.4. The van der Waals surface area contributed by atoms with Gasteiger partial charge in [-0.1, -0.05) is 95.3 Å². The molecule has 5 heterocycles. The predicted molar refractivity (Wildman–Crippen MR) is 211 cm³/mol. The molecule has 0 bridgehead atoms. The zero-order chi connectivity index (χ0) is 39.4. The Morgan fingerprint density at radius 3 is 1.95 bits per heavy atom. The SMILES string of the molecule is C=Cn1cc(-c2ccccc2)nc(NCc2ccc(C(F)(F)F)nc2)c1=N.CBr.CC(=O)c1cnc2c(NCc3cccnc3)nc(-c3ccccc3)cn12. The summed E-state index contributed by atoms with van der Waals surface area (Å²) in [5.41, 5.74) is 5.13. The van der Waals surface area contributed by atoms with Crippen LogP contribution in [0.3, 0.4) is 0 Å². The van der Waals surface area contributed by atoms with Crippen LogP contribution in [0.25, 0.3) is 34.4 Å². The van der Waals surface area contributed by atoms with Gasteiger partial charge in [-0.3, -0.25) is 24.6 Å². The number of benzene rings is 2. The number of fused-ring (bicyclic) bond motifs is 1. The van der Waals surface area contributed by atoms with Gasteiger partial charge < -0.3 is 15.2 Å². The molecule has 280 valence electrons. The van der Waals surface area contributed by atoms with Gasteiger partial charge in [0.05, 0.1) is 17.6 Å². The second-order valence-electron chi connectivity index (χ2n) is 11.6. The number of imidazole rings is 1. The zero-order valence-corrected chi connectivity index (χ0v) is 31.4. The third-order valence-electron chi connectivity index (χ3n) is 7.92. The Morgan fingerprint density at radius 1 is 0.800 bits per heavy atom. The van der Waals surface area contributed by atoms with Crippen molar-refractivity contribution >= 4 is 45.2 Å². The summed E-state index contributed by atoms with van der Waals surface area (Å²) < 4.78 is 41.1. The highest BCUT2D eigenvalue weighted by atomic mass is 79.9. The molecule has 0 amide bonds. The molecule has 55 heavy (non-hydrogen) atoms. The smallest absolute Gasteiger partial charge is 0.363 e. The van der Waals surface area contributed by atoms with E-state index in [4.69, 9.17) is 10.4 Å². The normalized spacial score (nSPS) is 10.7. The van der Waals surface area contributed by atoms with E-state index in [9.17, 15) is 18.0 Å². The maximum absolute atomic E-state index is 12.6. The number of aromatic nitrogens is 7. The van der Waals surface area contributed by atoms with Gasteiger partial charge in [-0.25, -0.2) is 15.0 Å². The number of hydrogen-bond acceptors (Lipinski definition) is 9. The summed E-state index contributed by atoms with van der Waals surface area (Å²) in [7, 11) is 0. The van der Waals surface area contributed by atoms with Crippen molar-refractivity contribution in [2.45, 2.75) is 26.2 Å². The lowest BCUT2D eigenvalue weighted by molar-refractivity contribution is -0.141. The molecule has 0 atom stereocenters. The van der Waals surface area contributed by atoms with Crippen molar-refractivity contribution in [3.05, 3.63) is 157 Å². The number of alkyl halides is 4. The van der Waals surface area contributed by atoms with Gasteiger partial charge in [0, 0.05) is 68.3 Å². The summed E-state index contributed by atoms with van der Waals surface area (Å²) in [6.45, 7) is 5.97. The number of anilines is 2. The van der Waals surface area contributed by atoms with E-state index in [-0.39, 0.29) is 23.6 Å². The van der Waals surface area contributed by atoms with E-state index >= 15 is 0 Å². The van der Waals surface area contributed by atoms with Crippen LogP contribution in [0.2, 0.25) is 0 Å². The fourth-order valence-corrected chi connectivity index (χ4v) is 5.22. The largest absolute Gasteiger partial charge is 0.433 e. The topological polar surface area (TPSA) is 139 Å². The molecule has 0 spiro atoms. The van der Waals surface area contributed by atoms with Crippen molar-refractivity contribution in [3.8, 4) is 22.5 Å². The van der Waals surface area contributed by atoms with Crippen LogP contribution in [0.15, 0.2) is 129 Å². The van der Waals surface area contributed by atoms with Crippen LogP contribution in [0, 0.1) is 5.41 Å². The second kappa shape index (κ2) is 18.5. The van der Waals surface area contributed by atoms with Gasteiger partial charge in [0.1, 0.15) is 11.4 Å². The zero-order valence-electron chi connectivity index (χ0n) is 29.8. The van der Waals surface area contributed by atoms with E-state index in [1.165, 1.54) is 23.8 Å². The number of rotatable bonds is 10. The average molecular weight is 810 g/mol. The molecule has 15 heteroatoms. The molecular formula is C40H36BrF3N10O. The molecule has 7 rings (SSSR count). The average Bonchev–Trinajstić information content (AvgIpc) is 3.66. The summed E-state index contributed by atoms with van der Waals surface area (Å²) in [4.78, 5) is 33.1. The molecule has 0 aliphatic heterocycles. The minimum Gasteiger partial charge on any atom is -0.363 e. The van der Waals surface area contributed by atoms with E-state index in [1.54, 1.807) is 29.2 Å². The fourth-order valence-electron chi connectivity index (χ4n) is 5.22. The van der Waals surface area contributed by atoms with Gasteiger partial charge in [-0.2, -0.15) is 13.2 Å². The van der Waals surface area contributed by atoms with Crippen molar-refractivity contribution < 1.29 is 18.0 Å². The number of ketones is 1. The van der Waals surface area contributed by atoms with Crippen LogP contribution in [0.4, 0.5) is 24.8 Å². The monoisotopic (exact) mass is 808 g/mol. The lowest BCUT2D eigenvalue weighted by Crippen LogP contribution is -2.22. The predicted octanol–water partition coefficient (Wildman–Crippen LogP) is 8.77. The molecule has 0 saturated heterocycles. The molecule has 3 N–H and O–H groups in total. The third-order valence-corrected chi connectivity index (χ3v) is 7.92. The Labute approximate surface area is 323 Å². The molecule has 0 unspecified atom stereocenters. The van der Waals surface area contributed by atoms with Crippen LogP contribution < -0.4 is 16.1 Å². The van der Waals surface area contributed by atoms with Gasteiger partial charge in [0.15, 0.2) is 28.6 Å². The molecular weight excluding hydrogens is 773 g/mol. The molecule has 0 aliphatic carbocycles. The number of carbonyl (C=O) groups is 1. The first-order valence-corrected chi connectivity index (χ1v) is 18.3. The lowest BCUT2D eigenvalue weighted by atomic mass is 10.1. The highest BCUT2D eigenvalue weighted by molar-refractivity contribution is 9.08. The molecule has 0 aliphatic rings. The van der Waals surface area contributed by atoms with Crippen LogP contribution in [-0.2, 0) is 19.3 Å². The number of pyridine rings is 2. The summed E-state index contributed by atoms with van der Waals surface area (Å²) >= 11 is 2.94. The first kappa shape index (κ1) is 39.7. The molecule has 0 radical (unpaired) electrons. The van der Waals surface area contributed by atoms with Gasteiger partial charge >= 0.3 is 6.18 Å². The number of halogens is 4. The number of hydrogen-bond donors (Lipinski definition) is 3. The van der Waals surface area contributed by atoms with Crippen molar-refractivity contribution in [1.82, 2.24) is 33.9 Å². The molecule has 5 aromatic heterocycles. The summed E-state index contributed by atoms with van der Waals surface area (Å²) in [6.07, 6.45) is 6.84. The van der Waals surface area contributed by atoms with Crippen molar-refractivity contribution in [1.29, 1.82) is 5.41 Å². The quantitative estimate of drug-likeness (QED) is 0.0921. The Balaban J connectivity index is 0.000000202. The van der Waals surface area contributed by atoms with Crippen molar-refractivity contribution in [2.24, 2.45) is 0 Å². The van der Waals surface area contributed by atoms with Crippen molar-refractivity contribution in [3.63, 3.8) is 0 Å². The summed E-state index contributed by atoms with van der Waals surface area (Å²) in [5.74, 6) is 2.69. The number of carbonyl (C=O) groups excluding carboxylic acids is 1. The standard InChI is InChI=1S/C20H17N5O.C19H16F3N5.CH3Br/c1-14(26)18-12-23-20-19(22-11-15-6-5-9-21-10-15)24-17(13-25(18)20)16-7-3-2-4-8-16;1-2-27-12-15(14-6-4-3-5-7-14)26-18(17(27)23)25-11-13-8-9-16(24-10-13)19(20,21)22;1-2/h2-10,12-13H,11H2,1H3,(H,22,24);2-10,12,23H,1,11H2,(H,25,26);1H3. The number of nitrogens with zero attached hydrogens (tertiary/aromatic N) is 7. The van der Waals surface area contributed by atoms with E-state index in [0.717, 1.165) is 34.6 Å². The number of nitrogens with one attached hydrogen (secondary N) is 3. The Morgan fingerprint density at radius 2 is 1.40 bits per heavy atom. The van der Waals surface area contributed by atoms with E-state index in [2.05, 4.69) is 53.1 Å². The minimum atomic E-state index is -4.47. The molecule has 0 saturated carbocycles. The van der Waals surface area contributed by atoms with E-state index < -0.39 is 11.9 Å². The molecule has 11 nitrogen and oxygen atoms in total. The minimum absolute atomic E-state index is 0.0408. The van der Waals surface area contributed by atoms with Crippen LogP contribution in [0.5, 0.6) is 0 Å². The third kappa shape index (κ3) is 10.1. The van der Waals surface area contributed by atoms with Gasteiger partial charge in [-0.05, 0) is 29.1 Å². The van der Waals surface area contributed by atoms with E-state index in [1.807, 2.05) is 84.8 Å². The number of Topliss-reactive ketones (excluding diaryl/α,β-unsaturated/α-hetero) is 1. The van der Waals surface area contributed by atoms with Gasteiger partial charge in [-0.15, -0.1) is 0 Å². The molecule has 7 aromatic rings. The van der Waals surface area contributed by atoms with Crippen LogP contribution in [-0.4, -0.2) is 45.5 Å². The first-order valence-electron chi connectivity index (χ1n) is 16.7. The van der Waals surface area contributed by atoms with Crippen molar-refractivity contribution in [2.75, 3.05) is 16.5 Å². The lowest BCUT2D eigenvalue weighted by Gasteiger charge is -2.12. The summed E-state index contributed by atoms with van der Waals surface area (Å²) in [5, 5.41) is 14.5. The molecule has 0 fully saturated rings. The first-order chi connectivity index (χ1) is 26.6. The fraction of sp³-hybridized carbons (Fsp3) is 0.125. The van der Waals surface area contributed by atoms with Gasteiger partial charge in [0.25, 0.3) is 0 Å². The van der Waals surface area contributed by atoms with E-state index in [0.29, 0.717) is 35.0 Å². The van der Waals surface area contributed by atoms with Gasteiger partial charge in [0.2, 0.25) is 0 Å². The Hall–Kier alpha value is -6.48. The maximum atomic E-state index is 12.6.